The summed E-state index contributed by atoms with van der Waals surface area (Å²) < 4.78 is 0. The molecule has 2 N–H and O–H groups in total. The molecule has 0 fully saturated rings. The van der Waals surface area contributed by atoms with Gasteiger partial charge in [0.05, 0.1) is 0 Å². The quantitative estimate of drug-likeness (QED) is 0.771. The Labute approximate surface area is 91.7 Å². The molecule has 1 unspecified atom stereocenters. The van der Waals surface area contributed by atoms with Crippen molar-refractivity contribution in [1.82, 2.24) is 10.2 Å². The van der Waals surface area contributed by atoms with Crippen molar-refractivity contribution in [2.24, 2.45) is 0 Å². The van der Waals surface area contributed by atoms with Crippen molar-refractivity contribution in [1.29, 1.82) is 0 Å². The third kappa shape index (κ3) is 3.53. The molecule has 3 nitrogen and oxygen atoms in total. The van der Waals surface area contributed by atoms with Crippen molar-refractivity contribution in [2.75, 3.05) is 27.2 Å². The molecule has 1 aromatic rings. The number of phenols is 1. The first-order valence-corrected chi connectivity index (χ1v) is 5.29. The summed E-state index contributed by atoms with van der Waals surface area (Å²) in [5, 5.41) is 12.3. The van der Waals surface area contributed by atoms with E-state index >= 15 is 0 Å². The van der Waals surface area contributed by atoms with E-state index < -0.39 is 0 Å². The van der Waals surface area contributed by atoms with Gasteiger partial charge in [-0.15, -0.1) is 0 Å². The highest BCUT2D eigenvalue weighted by molar-refractivity contribution is 5.27. The number of nitrogens with one attached hydrogen (secondary N) is 1. The van der Waals surface area contributed by atoms with E-state index in [0.717, 1.165) is 13.1 Å². The summed E-state index contributed by atoms with van der Waals surface area (Å²) in [6.07, 6.45) is 0. The predicted molar refractivity (Wildman–Crippen MR) is 63.1 cm³/mol. The number of nitrogens with zero attached hydrogens (tertiary/aromatic N) is 1. The second kappa shape index (κ2) is 5.73. The number of aromatic hydroxyl groups is 1. The van der Waals surface area contributed by atoms with Crippen LogP contribution in [-0.2, 0) is 0 Å². The van der Waals surface area contributed by atoms with Crippen molar-refractivity contribution in [2.45, 2.75) is 13.0 Å². The molecule has 0 aliphatic carbocycles. The average molecular weight is 208 g/mol. The molecule has 0 saturated heterocycles. The number of hydrogen-bond donors (Lipinski definition) is 2. The molecule has 1 atom stereocenters. The molecule has 0 heterocycles. The van der Waals surface area contributed by atoms with Crippen LogP contribution in [0.5, 0.6) is 5.75 Å². The minimum Gasteiger partial charge on any atom is -0.508 e. The van der Waals surface area contributed by atoms with E-state index in [-0.39, 0.29) is 0 Å². The molecule has 1 aromatic carbocycles. The number of phenolic OH excluding ortho intramolecular Hbond substituents is 1. The van der Waals surface area contributed by atoms with E-state index in [1.807, 2.05) is 19.2 Å². The highest BCUT2D eigenvalue weighted by Gasteiger charge is 2.10. The number of rotatable bonds is 5. The molecule has 15 heavy (non-hydrogen) atoms. The van der Waals surface area contributed by atoms with Crippen molar-refractivity contribution in [3.8, 4) is 5.75 Å². The molecule has 1 rings (SSSR count). The van der Waals surface area contributed by atoms with E-state index in [4.69, 9.17) is 0 Å². The average Bonchev–Trinajstić information content (AvgIpc) is 2.26. The van der Waals surface area contributed by atoms with Gasteiger partial charge in [0.1, 0.15) is 5.75 Å². The lowest BCUT2D eigenvalue weighted by atomic mass is 10.1. The number of benzene rings is 1. The Balaban J connectivity index is 2.59. The van der Waals surface area contributed by atoms with Crippen molar-refractivity contribution in [3.63, 3.8) is 0 Å². The maximum atomic E-state index is 9.19. The fourth-order valence-electron chi connectivity index (χ4n) is 1.49. The fourth-order valence-corrected chi connectivity index (χ4v) is 1.49. The Bertz CT molecular complexity index is 284. The van der Waals surface area contributed by atoms with Gasteiger partial charge in [0.2, 0.25) is 0 Å². The summed E-state index contributed by atoms with van der Waals surface area (Å²) in [7, 11) is 4.06. The van der Waals surface area contributed by atoms with E-state index in [1.54, 1.807) is 12.1 Å². The number of hydrogen-bond acceptors (Lipinski definition) is 3. The van der Waals surface area contributed by atoms with Gasteiger partial charge in [-0.05, 0) is 38.7 Å². The van der Waals surface area contributed by atoms with E-state index in [0.29, 0.717) is 11.8 Å². The molecule has 0 aliphatic heterocycles. The summed E-state index contributed by atoms with van der Waals surface area (Å²) in [6.45, 7) is 4.17. The summed E-state index contributed by atoms with van der Waals surface area (Å²) in [5.41, 5.74) is 1.23. The first-order valence-electron chi connectivity index (χ1n) is 5.29. The lowest BCUT2D eigenvalue weighted by Gasteiger charge is -2.24. The van der Waals surface area contributed by atoms with Crippen LogP contribution in [0.4, 0.5) is 0 Å². The van der Waals surface area contributed by atoms with Crippen LogP contribution in [0.2, 0.25) is 0 Å². The van der Waals surface area contributed by atoms with Crippen LogP contribution in [0.15, 0.2) is 24.3 Å². The Morgan fingerprint density at radius 1 is 1.33 bits per heavy atom. The Morgan fingerprint density at radius 3 is 2.47 bits per heavy atom. The van der Waals surface area contributed by atoms with Crippen molar-refractivity contribution >= 4 is 0 Å². The zero-order valence-electron chi connectivity index (χ0n) is 9.70. The van der Waals surface area contributed by atoms with E-state index in [1.165, 1.54) is 5.56 Å². The minimum atomic E-state index is 0.323. The monoisotopic (exact) mass is 208 g/mol. The highest BCUT2D eigenvalue weighted by atomic mass is 16.3. The maximum Gasteiger partial charge on any atom is 0.115 e. The summed E-state index contributed by atoms with van der Waals surface area (Å²) in [4.78, 5) is 2.28. The molecule has 3 heteroatoms. The predicted octanol–water partition coefficient (Wildman–Crippen LogP) is 1.60. The van der Waals surface area contributed by atoms with Crippen LogP contribution >= 0.6 is 0 Å². The van der Waals surface area contributed by atoms with Crippen molar-refractivity contribution in [3.05, 3.63) is 29.8 Å². The van der Waals surface area contributed by atoms with Crippen LogP contribution in [0.3, 0.4) is 0 Å². The van der Waals surface area contributed by atoms with Crippen LogP contribution in [-0.4, -0.2) is 37.2 Å². The maximum absolute atomic E-state index is 9.19. The molecule has 0 aromatic heterocycles. The lowest BCUT2D eigenvalue weighted by molar-refractivity contribution is 0.263. The van der Waals surface area contributed by atoms with E-state index in [9.17, 15) is 5.11 Å². The largest absolute Gasteiger partial charge is 0.508 e. The SMILES string of the molecule is CNCCN(C)C(C)c1ccc(O)cc1. The minimum absolute atomic E-state index is 0.323. The summed E-state index contributed by atoms with van der Waals surface area (Å²) in [5.74, 6) is 0.323. The van der Waals surface area contributed by atoms with Gasteiger partial charge in [-0.3, -0.25) is 4.90 Å². The number of likely N-dealkylation sites (N-methyl/N-ethyl adjacent to an activating group) is 2. The van der Waals surface area contributed by atoms with E-state index in [2.05, 4.69) is 24.2 Å². The van der Waals surface area contributed by atoms with Crippen LogP contribution < -0.4 is 5.32 Å². The molecular weight excluding hydrogens is 188 g/mol. The standard InChI is InChI=1S/C12H20N2O/c1-10(14(3)9-8-13-2)11-4-6-12(15)7-5-11/h4-7,10,13,15H,8-9H2,1-3H3. The third-order valence-electron chi connectivity index (χ3n) is 2.75. The van der Waals surface area contributed by atoms with Gasteiger partial charge in [0, 0.05) is 19.1 Å². The van der Waals surface area contributed by atoms with Gasteiger partial charge >= 0.3 is 0 Å². The van der Waals surface area contributed by atoms with Gasteiger partial charge in [0.15, 0.2) is 0 Å². The highest BCUT2D eigenvalue weighted by Crippen LogP contribution is 2.20. The van der Waals surface area contributed by atoms with Crippen LogP contribution in [0.25, 0.3) is 0 Å². The normalized spacial score (nSPS) is 13.1. The Kier molecular flexibility index (Phi) is 4.59. The molecule has 0 amide bonds. The summed E-state index contributed by atoms with van der Waals surface area (Å²) >= 11 is 0. The Hall–Kier alpha value is -1.06. The molecule has 0 radical (unpaired) electrons. The molecular formula is C12H20N2O. The van der Waals surface area contributed by atoms with Crippen LogP contribution in [0, 0.1) is 0 Å². The molecule has 84 valence electrons. The topological polar surface area (TPSA) is 35.5 Å². The molecule has 0 bridgehead atoms. The van der Waals surface area contributed by atoms with Crippen LogP contribution in [0.1, 0.15) is 18.5 Å². The zero-order valence-corrected chi connectivity index (χ0v) is 9.70. The van der Waals surface area contributed by atoms with Gasteiger partial charge in [-0.25, -0.2) is 0 Å². The van der Waals surface area contributed by atoms with Crippen molar-refractivity contribution < 1.29 is 5.11 Å². The van der Waals surface area contributed by atoms with Gasteiger partial charge < -0.3 is 10.4 Å². The van der Waals surface area contributed by atoms with Gasteiger partial charge in [0.25, 0.3) is 0 Å². The molecule has 0 spiro atoms. The second-order valence-electron chi connectivity index (χ2n) is 3.85. The molecule has 0 aliphatic rings. The Morgan fingerprint density at radius 2 is 1.93 bits per heavy atom. The first-order chi connectivity index (χ1) is 7.15. The lowest BCUT2D eigenvalue weighted by Crippen LogP contribution is -2.29. The fraction of sp³-hybridized carbons (Fsp3) is 0.500. The second-order valence-corrected chi connectivity index (χ2v) is 3.85. The van der Waals surface area contributed by atoms with Gasteiger partial charge in [-0.1, -0.05) is 12.1 Å². The molecule has 0 saturated carbocycles. The van der Waals surface area contributed by atoms with Gasteiger partial charge in [-0.2, -0.15) is 0 Å². The zero-order chi connectivity index (χ0) is 11.3. The third-order valence-corrected chi connectivity index (χ3v) is 2.75. The first kappa shape index (κ1) is 12.0. The smallest absolute Gasteiger partial charge is 0.115 e. The summed E-state index contributed by atoms with van der Waals surface area (Å²) in [6, 6.07) is 7.78.